The predicted octanol–water partition coefficient (Wildman–Crippen LogP) is 5.50. The van der Waals surface area contributed by atoms with E-state index in [4.69, 9.17) is 14.6 Å². The number of carboxylic acid groups (broad SMARTS) is 1. The zero-order valence-corrected chi connectivity index (χ0v) is 18.9. The molecule has 0 bridgehead atoms. The quantitative estimate of drug-likeness (QED) is 0.399. The zero-order chi connectivity index (χ0) is 24.7. The Morgan fingerprint density at radius 1 is 1.03 bits per heavy atom. The molecule has 0 aliphatic carbocycles. The number of alkyl halides is 2. The normalized spacial score (nSPS) is 12.4. The van der Waals surface area contributed by atoms with Gasteiger partial charge in [-0.05, 0) is 61.1 Å². The van der Waals surface area contributed by atoms with Gasteiger partial charge in [0.15, 0.2) is 0 Å². The van der Waals surface area contributed by atoms with Crippen LogP contribution in [0.15, 0.2) is 72.8 Å². The van der Waals surface area contributed by atoms with Crippen molar-refractivity contribution < 1.29 is 32.5 Å². The van der Waals surface area contributed by atoms with Crippen molar-refractivity contribution in [1.29, 1.82) is 0 Å². The minimum Gasteiger partial charge on any atom is -0.496 e. The Morgan fingerprint density at radius 2 is 1.68 bits per heavy atom. The molecule has 1 N–H and O–H groups in total. The maximum absolute atomic E-state index is 15.1. The van der Waals surface area contributed by atoms with Crippen LogP contribution in [-0.2, 0) is 10.7 Å². The van der Waals surface area contributed by atoms with E-state index in [0.717, 1.165) is 0 Å². The van der Waals surface area contributed by atoms with Gasteiger partial charge in [-0.3, -0.25) is 9.69 Å². The summed E-state index contributed by atoms with van der Waals surface area (Å²) in [5.41, 5.74) is 0.231. The monoisotopic (exact) mass is 473 g/mol. The molecule has 180 valence electrons. The highest BCUT2D eigenvalue weighted by atomic mass is 19.3. The molecule has 0 heterocycles. The van der Waals surface area contributed by atoms with E-state index in [1.54, 1.807) is 30.1 Å². The van der Waals surface area contributed by atoms with E-state index in [9.17, 15) is 9.18 Å². The fraction of sp³-hybridized carbons (Fsp3) is 0.269. The molecule has 1 atom stereocenters. The number of halogens is 3. The first kappa shape index (κ1) is 25.1. The zero-order valence-electron chi connectivity index (χ0n) is 18.9. The van der Waals surface area contributed by atoms with Crippen molar-refractivity contribution in [2.75, 3.05) is 27.2 Å². The number of hydrogen-bond acceptors (Lipinski definition) is 4. The van der Waals surface area contributed by atoms with Crippen molar-refractivity contribution in [3.63, 3.8) is 0 Å². The Balaban J connectivity index is 1.79. The average molecular weight is 473 g/mol. The number of carbonyl (C=O) groups is 1. The molecule has 0 aliphatic heterocycles. The van der Waals surface area contributed by atoms with E-state index < -0.39 is 23.8 Å². The Bertz CT molecular complexity index is 1090. The lowest BCUT2D eigenvalue weighted by molar-refractivity contribution is -0.138. The van der Waals surface area contributed by atoms with Crippen LogP contribution in [0.1, 0.15) is 29.2 Å². The van der Waals surface area contributed by atoms with E-state index in [-0.39, 0.29) is 23.4 Å². The second kappa shape index (κ2) is 11.1. The number of aliphatic carboxylic acids is 1. The van der Waals surface area contributed by atoms with E-state index in [2.05, 4.69) is 0 Å². The summed E-state index contributed by atoms with van der Waals surface area (Å²) < 4.78 is 54.8. The van der Waals surface area contributed by atoms with Gasteiger partial charge in [0.25, 0.3) is 0 Å². The Hall–Kier alpha value is -3.52. The van der Waals surface area contributed by atoms with Gasteiger partial charge in [0.2, 0.25) is 0 Å². The Morgan fingerprint density at radius 3 is 2.29 bits per heavy atom. The van der Waals surface area contributed by atoms with Crippen molar-refractivity contribution in [1.82, 2.24) is 4.90 Å². The van der Waals surface area contributed by atoms with Crippen LogP contribution in [0.5, 0.6) is 11.5 Å². The van der Waals surface area contributed by atoms with Crippen LogP contribution < -0.4 is 9.47 Å². The standard InChI is InChI=1S/C26H26F3NO4/c1-30(17-25(31)32)16-15-23(18-7-11-20(27)12-8-18)34-21-13-9-19(10-14-21)26(28,29)22-5-3-4-6-24(22)33-2/h3-14,23H,15-17H2,1-2H3,(H,31,32). The van der Waals surface area contributed by atoms with Crippen LogP contribution in [0.25, 0.3) is 0 Å². The van der Waals surface area contributed by atoms with Gasteiger partial charge in [-0.1, -0.05) is 24.3 Å². The highest BCUT2D eigenvalue weighted by Gasteiger charge is 2.36. The number of ether oxygens (including phenoxy) is 2. The number of likely N-dealkylation sites (N-methyl/N-ethyl adjacent to an activating group) is 1. The van der Waals surface area contributed by atoms with Gasteiger partial charge in [0.1, 0.15) is 23.4 Å². The van der Waals surface area contributed by atoms with Gasteiger partial charge in [0, 0.05) is 18.5 Å². The summed E-state index contributed by atoms with van der Waals surface area (Å²) in [4.78, 5) is 12.5. The summed E-state index contributed by atoms with van der Waals surface area (Å²) in [6, 6.07) is 17.2. The van der Waals surface area contributed by atoms with Gasteiger partial charge >= 0.3 is 11.9 Å². The van der Waals surface area contributed by atoms with Gasteiger partial charge in [-0.2, -0.15) is 8.78 Å². The lowest BCUT2D eigenvalue weighted by Crippen LogP contribution is -2.28. The van der Waals surface area contributed by atoms with Gasteiger partial charge in [-0.25, -0.2) is 4.39 Å². The van der Waals surface area contributed by atoms with Crippen molar-refractivity contribution in [2.24, 2.45) is 0 Å². The maximum atomic E-state index is 15.1. The molecule has 0 spiro atoms. The molecule has 0 radical (unpaired) electrons. The topological polar surface area (TPSA) is 59.0 Å². The van der Waals surface area contributed by atoms with Crippen LogP contribution in [-0.4, -0.2) is 43.2 Å². The summed E-state index contributed by atoms with van der Waals surface area (Å²) in [6.45, 7) is 0.265. The van der Waals surface area contributed by atoms with Gasteiger partial charge < -0.3 is 14.6 Å². The van der Waals surface area contributed by atoms with Gasteiger partial charge in [0.05, 0.1) is 19.2 Å². The van der Waals surface area contributed by atoms with Crippen molar-refractivity contribution in [3.05, 3.63) is 95.3 Å². The Labute approximate surface area is 196 Å². The lowest BCUT2D eigenvalue weighted by Gasteiger charge is -2.23. The van der Waals surface area contributed by atoms with E-state index in [0.29, 0.717) is 24.3 Å². The largest absolute Gasteiger partial charge is 0.496 e. The third kappa shape index (κ3) is 6.29. The molecular weight excluding hydrogens is 447 g/mol. The number of carboxylic acids is 1. The predicted molar refractivity (Wildman–Crippen MR) is 122 cm³/mol. The SMILES string of the molecule is COc1ccccc1C(F)(F)c1ccc(OC(CCN(C)CC(=O)O)c2ccc(F)cc2)cc1. The van der Waals surface area contributed by atoms with Crippen molar-refractivity contribution in [2.45, 2.75) is 18.4 Å². The number of hydrogen-bond donors (Lipinski definition) is 1. The number of methoxy groups -OCH3 is 1. The second-order valence-electron chi connectivity index (χ2n) is 7.88. The molecule has 3 aromatic carbocycles. The third-order valence-corrected chi connectivity index (χ3v) is 5.36. The first-order valence-electron chi connectivity index (χ1n) is 10.6. The van der Waals surface area contributed by atoms with Crippen LogP contribution >= 0.6 is 0 Å². The summed E-state index contributed by atoms with van der Waals surface area (Å²) in [5.74, 6) is -4.17. The fourth-order valence-corrected chi connectivity index (χ4v) is 3.59. The summed E-state index contributed by atoms with van der Waals surface area (Å²) in [5, 5.41) is 8.96. The molecule has 0 amide bonds. The molecule has 0 aromatic heterocycles. The number of rotatable bonds is 11. The van der Waals surface area contributed by atoms with E-state index >= 15 is 8.78 Å². The van der Waals surface area contributed by atoms with Crippen molar-refractivity contribution >= 4 is 5.97 Å². The lowest BCUT2D eigenvalue weighted by atomic mass is 9.99. The summed E-state index contributed by atoms with van der Waals surface area (Å²) >= 11 is 0. The van der Waals surface area contributed by atoms with Crippen LogP contribution in [0.2, 0.25) is 0 Å². The molecule has 0 saturated carbocycles. The minimum absolute atomic E-state index is 0.0923. The molecule has 1 unspecified atom stereocenters. The third-order valence-electron chi connectivity index (χ3n) is 5.36. The maximum Gasteiger partial charge on any atom is 0.317 e. The second-order valence-corrected chi connectivity index (χ2v) is 7.88. The molecule has 34 heavy (non-hydrogen) atoms. The molecule has 0 fully saturated rings. The average Bonchev–Trinajstić information content (AvgIpc) is 2.82. The smallest absolute Gasteiger partial charge is 0.317 e. The number of para-hydroxylation sites is 1. The number of benzene rings is 3. The Kier molecular flexibility index (Phi) is 8.17. The first-order valence-corrected chi connectivity index (χ1v) is 10.6. The van der Waals surface area contributed by atoms with Crippen LogP contribution in [0.4, 0.5) is 13.2 Å². The molecule has 3 aromatic rings. The first-order chi connectivity index (χ1) is 16.2. The number of nitrogens with zero attached hydrogens (tertiary/aromatic N) is 1. The molecular formula is C26H26F3NO4. The van der Waals surface area contributed by atoms with Crippen LogP contribution in [0.3, 0.4) is 0 Å². The highest BCUT2D eigenvalue weighted by Crippen LogP contribution is 2.41. The summed E-state index contributed by atoms with van der Waals surface area (Å²) in [7, 11) is 3.01. The van der Waals surface area contributed by atoms with Crippen LogP contribution in [0, 0.1) is 5.82 Å². The molecule has 8 heteroatoms. The molecule has 5 nitrogen and oxygen atoms in total. The molecule has 0 aliphatic rings. The van der Waals surface area contributed by atoms with Gasteiger partial charge in [-0.15, -0.1) is 0 Å². The molecule has 0 saturated heterocycles. The minimum atomic E-state index is -3.28. The highest BCUT2D eigenvalue weighted by molar-refractivity contribution is 5.69. The molecule has 3 rings (SSSR count). The van der Waals surface area contributed by atoms with E-state index in [1.165, 1.54) is 61.7 Å². The van der Waals surface area contributed by atoms with E-state index in [1.807, 2.05) is 0 Å². The fourth-order valence-electron chi connectivity index (χ4n) is 3.59. The van der Waals surface area contributed by atoms with Crippen molar-refractivity contribution in [3.8, 4) is 11.5 Å². The summed E-state index contributed by atoms with van der Waals surface area (Å²) in [6.07, 6.45) is -0.119.